The van der Waals surface area contributed by atoms with E-state index in [9.17, 15) is 4.79 Å². The minimum atomic E-state index is -0.259. The van der Waals surface area contributed by atoms with E-state index < -0.39 is 0 Å². The number of nitrogens with one attached hydrogen (secondary N) is 1. The maximum atomic E-state index is 12.0. The summed E-state index contributed by atoms with van der Waals surface area (Å²) in [6.07, 6.45) is 1.02. The normalized spacial score (nSPS) is 37.1. The number of rotatable bonds is 3. The van der Waals surface area contributed by atoms with Gasteiger partial charge in [-0.25, -0.2) is 4.79 Å². The molecule has 0 aromatic heterocycles. The summed E-state index contributed by atoms with van der Waals surface area (Å²) in [5.74, 6) is 2.09. The first-order valence-corrected chi connectivity index (χ1v) is 7.49. The molecule has 4 aliphatic rings. The van der Waals surface area contributed by atoms with E-state index in [1.54, 1.807) is 0 Å². The SMILES string of the molecule is O=C(NC1C2CC3CN(C2)CC31)OCc1ccccc1. The lowest BCUT2D eigenvalue weighted by Gasteiger charge is -2.34. The van der Waals surface area contributed by atoms with Crippen LogP contribution in [0.25, 0.3) is 0 Å². The maximum absolute atomic E-state index is 12.0. The molecule has 3 saturated heterocycles. The highest BCUT2D eigenvalue weighted by molar-refractivity contribution is 5.67. The smallest absolute Gasteiger partial charge is 0.407 e. The molecule has 106 valence electrons. The van der Waals surface area contributed by atoms with Crippen LogP contribution >= 0.6 is 0 Å². The Hall–Kier alpha value is -1.55. The number of hydrogen-bond acceptors (Lipinski definition) is 3. The lowest BCUT2D eigenvalue weighted by molar-refractivity contribution is 0.116. The minimum Gasteiger partial charge on any atom is -0.445 e. The maximum Gasteiger partial charge on any atom is 0.407 e. The third-order valence-corrected chi connectivity index (χ3v) is 5.13. The first-order chi connectivity index (χ1) is 9.79. The van der Waals surface area contributed by atoms with E-state index in [1.165, 1.54) is 13.0 Å². The number of ether oxygens (including phenoxy) is 1. The summed E-state index contributed by atoms with van der Waals surface area (Å²) in [6, 6.07) is 10.2. The van der Waals surface area contributed by atoms with Gasteiger partial charge in [-0.1, -0.05) is 30.3 Å². The predicted octanol–water partition coefficient (Wildman–Crippen LogP) is 1.86. The van der Waals surface area contributed by atoms with Crippen LogP contribution in [0.3, 0.4) is 0 Å². The summed E-state index contributed by atoms with van der Waals surface area (Å²) in [6.45, 7) is 3.89. The summed E-state index contributed by atoms with van der Waals surface area (Å²) in [4.78, 5) is 14.5. The summed E-state index contributed by atoms with van der Waals surface area (Å²) < 4.78 is 5.34. The molecule has 0 radical (unpaired) electrons. The Morgan fingerprint density at radius 1 is 1.20 bits per heavy atom. The number of hydrogen-bond donors (Lipinski definition) is 1. The van der Waals surface area contributed by atoms with Gasteiger partial charge in [-0.15, -0.1) is 0 Å². The lowest BCUT2D eigenvalue weighted by atomic mass is 9.94. The summed E-state index contributed by atoms with van der Waals surface area (Å²) in [7, 11) is 0. The van der Waals surface area contributed by atoms with Gasteiger partial charge in [0.1, 0.15) is 6.61 Å². The third kappa shape index (κ3) is 2.08. The molecule has 0 spiro atoms. The Bertz CT molecular complexity index is 500. The van der Waals surface area contributed by atoms with Crippen LogP contribution in [0.15, 0.2) is 30.3 Å². The Morgan fingerprint density at radius 3 is 2.80 bits per heavy atom. The van der Waals surface area contributed by atoms with Gasteiger partial charge in [-0.2, -0.15) is 0 Å². The van der Waals surface area contributed by atoms with Crippen molar-refractivity contribution in [2.24, 2.45) is 17.8 Å². The largest absolute Gasteiger partial charge is 0.445 e. The fourth-order valence-corrected chi connectivity index (χ4v) is 4.32. The molecule has 1 amide bonds. The Morgan fingerprint density at radius 2 is 2.00 bits per heavy atom. The molecule has 5 rings (SSSR count). The summed E-state index contributed by atoms with van der Waals surface area (Å²) in [5.41, 5.74) is 1.03. The van der Waals surface area contributed by atoms with Gasteiger partial charge in [-0.05, 0) is 29.7 Å². The third-order valence-electron chi connectivity index (χ3n) is 5.13. The average Bonchev–Trinajstić information content (AvgIpc) is 2.88. The number of alkyl carbamates (subject to hydrolysis) is 1. The number of carbonyl (C=O) groups is 1. The zero-order valence-electron chi connectivity index (χ0n) is 11.5. The fourth-order valence-electron chi connectivity index (χ4n) is 4.32. The van der Waals surface area contributed by atoms with Crippen molar-refractivity contribution in [2.75, 3.05) is 19.6 Å². The van der Waals surface area contributed by atoms with E-state index in [0.717, 1.165) is 24.6 Å². The molecular formula is C16H20N2O2. The zero-order chi connectivity index (χ0) is 13.5. The molecule has 1 aromatic carbocycles. The Labute approximate surface area is 119 Å². The number of amides is 1. The quantitative estimate of drug-likeness (QED) is 0.913. The van der Waals surface area contributed by atoms with Crippen LogP contribution in [0.1, 0.15) is 12.0 Å². The molecular weight excluding hydrogens is 252 g/mol. The molecule has 1 N–H and O–H groups in total. The fraction of sp³-hybridized carbons (Fsp3) is 0.562. The highest BCUT2D eigenvalue weighted by Gasteiger charge is 2.53. The molecule has 1 aliphatic carbocycles. The first-order valence-electron chi connectivity index (χ1n) is 7.49. The van der Waals surface area contributed by atoms with Crippen LogP contribution < -0.4 is 5.32 Å². The van der Waals surface area contributed by atoms with Gasteiger partial charge in [0.15, 0.2) is 0 Å². The molecule has 5 atom stereocenters. The van der Waals surface area contributed by atoms with E-state index >= 15 is 0 Å². The van der Waals surface area contributed by atoms with Crippen molar-refractivity contribution >= 4 is 6.09 Å². The van der Waals surface area contributed by atoms with Crippen molar-refractivity contribution < 1.29 is 9.53 Å². The monoisotopic (exact) mass is 272 g/mol. The van der Waals surface area contributed by atoms with Crippen LogP contribution in [0, 0.1) is 17.8 Å². The highest BCUT2D eigenvalue weighted by Crippen LogP contribution is 2.47. The average molecular weight is 272 g/mol. The van der Waals surface area contributed by atoms with Crippen LogP contribution in [-0.2, 0) is 11.3 Å². The molecule has 4 nitrogen and oxygen atoms in total. The number of benzene rings is 1. The molecule has 3 heterocycles. The molecule has 4 heteroatoms. The topological polar surface area (TPSA) is 41.6 Å². The Balaban J connectivity index is 1.32. The molecule has 20 heavy (non-hydrogen) atoms. The molecule has 1 aromatic rings. The summed E-state index contributed by atoms with van der Waals surface area (Å²) >= 11 is 0. The van der Waals surface area contributed by atoms with E-state index in [4.69, 9.17) is 4.74 Å². The van der Waals surface area contributed by atoms with Crippen molar-refractivity contribution in [3.05, 3.63) is 35.9 Å². The number of carbonyl (C=O) groups excluding carboxylic acids is 1. The van der Waals surface area contributed by atoms with Gasteiger partial charge in [0.05, 0.1) is 0 Å². The molecule has 5 unspecified atom stereocenters. The van der Waals surface area contributed by atoms with Gasteiger partial charge in [-0.3, -0.25) is 0 Å². The van der Waals surface area contributed by atoms with Crippen LogP contribution in [0.2, 0.25) is 0 Å². The van der Waals surface area contributed by atoms with Crippen molar-refractivity contribution in [2.45, 2.75) is 19.1 Å². The van der Waals surface area contributed by atoms with E-state index in [2.05, 4.69) is 10.2 Å². The second kappa shape index (κ2) is 4.77. The van der Waals surface area contributed by atoms with E-state index in [-0.39, 0.29) is 6.09 Å². The molecule has 4 bridgehead atoms. The second-order valence-corrected chi connectivity index (χ2v) is 6.37. The van der Waals surface area contributed by atoms with Crippen LogP contribution in [0.4, 0.5) is 4.79 Å². The van der Waals surface area contributed by atoms with Crippen LogP contribution in [0.5, 0.6) is 0 Å². The van der Waals surface area contributed by atoms with Gasteiger partial charge in [0.2, 0.25) is 0 Å². The predicted molar refractivity (Wildman–Crippen MR) is 75.1 cm³/mol. The van der Waals surface area contributed by atoms with Crippen LogP contribution in [-0.4, -0.2) is 36.7 Å². The highest BCUT2D eigenvalue weighted by atomic mass is 16.5. The minimum absolute atomic E-state index is 0.259. The van der Waals surface area contributed by atoms with E-state index in [1.807, 2.05) is 30.3 Å². The van der Waals surface area contributed by atoms with Crippen molar-refractivity contribution in [1.29, 1.82) is 0 Å². The van der Waals surface area contributed by atoms with E-state index in [0.29, 0.717) is 24.5 Å². The summed E-state index contributed by atoms with van der Waals surface area (Å²) in [5, 5.41) is 3.12. The molecule has 1 saturated carbocycles. The molecule has 3 aliphatic heterocycles. The first kappa shape index (κ1) is 12.2. The Kier molecular flexibility index (Phi) is 2.91. The van der Waals surface area contributed by atoms with Crippen molar-refractivity contribution in [3.8, 4) is 0 Å². The van der Waals surface area contributed by atoms with Gasteiger partial charge < -0.3 is 15.0 Å². The standard InChI is InChI=1S/C16H20N2O2/c19-16(20-10-11-4-2-1-3-5-11)17-15-13-6-12-7-18(8-13)9-14(12)15/h1-5,12-15H,6-10H2,(H,17,19). The second-order valence-electron chi connectivity index (χ2n) is 6.37. The van der Waals surface area contributed by atoms with Crippen molar-refractivity contribution in [3.63, 3.8) is 0 Å². The number of nitrogens with zero attached hydrogens (tertiary/aromatic N) is 1. The van der Waals surface area contributed by atoms with Gasteiger partial charge in [0, 0.05) is 25.7 Å². The lowest BCUT2D eigenvalue weighted by Crippen LogP contribution is -2.50. The zero-order valence-corrected chi connectivity index (χ0v) is 11.5. The van der Waals surface area contributed by atoms with Gasteiger partial charge >= 0.3 is 6.09 Å². The molecule has 4 fully saturated rings. The number of piperidine rings is 2. The van der Waals surface area contributed by atoms with Gasteiger partial charge in [0.25, 0.3) is 0 Å². The van der Waals surface area contributed by atoms with Crippen molar-refractivity contribution in [1.82, 2.24) is 10.2 Å².